The van der Waals surface area contributed by atoms with E-state index in [1.54, 1.807) is 0 Å². The summed E-state index contributed by atoms with van der Waals surface area (Å²) in [6.07, 6.45) is 0.291. The number of β-amino-alcohol motifs (C(OH)–C–C–N with tert-alkyl or cyclic N) is 1. The highest BCUT2D eigenvalue weighted by molar-refractivity contribution is 5.89. The second-order valence-electron chi connectivity index (χ2n) is 4.71. The largest absolute Gasteiger partial charge is 0.391 e. The number of likely N-dealkylation sites (tertiary alicyclic amines) is 1. The van der Waals surface area contributed by atoms with Gasteiger partial charge in [0, 0.05) is 13.0 Å². The monoisotopic (exact) mass is 243 g/mol. The Morgan fingerprint density at radius 1 is 1.53 bits per heavy atom. The summed E-state index contributed by atoms with van der Waals surface area (Å²) in [6, 6.07) is -1.38. The van der Waals surface area contributed by atoms with E-state index in [1.165, 1.54) is 4.90 Å². The van der Waals surface area contributed by atoms with Gasteiger partial charge in [0.15, 0.2) is 0 Å². The third kappa shape index (κ3) is 2.95. The molecular weight excluding hydrogens is 222 g/mol. The number of hydrogen-bond acceptors (Lipinski definition) is 4. The zero-order valence-corrected chi connectivity index (χ0v) is 10.3. The third-order valence-electron chi connectivity index (χ3n) is 3.43. The Morgan fingerprint density at radius 3 is 2.59 bits per heavy atom. The van der Waals surface area contributed by atoms with Crippen molar-refractivity contribution in [3.8, 4) is 0 Å². The standard InChI is InChI=1S/C11H21N3O3/c1-3-6(2)9(12)11(17)14-5-7(15)4-8(14)10(13)16/h6-9,15H,3-5,12H2,1-2H3,(H2,13,16). The minimum atomic E-state index is -0.729. The SMILES string of the molecule is CCC(C)C(N)C(=O)N1CC(O)CC1C(N)=O. The molecule has 0 aromatic heterocycles. The Bertz CT molecular complexity index is 308. The maximum atomic E-state index is 12.1. The van der Waals surface area contributed by atoms with Gasteiger partial charge in [-0.25, -0.2) is 0 Å². The molecular formula is C11H21N3O3. The minimum absolute atomic E-state index is 0.0359. The molecule has 0 bridgehead atoms. The van der Waals surface area contributed by atoms with Crippen molar-refractivity contribution in [1.82, 2.24) is 4.90 Å². The number of primary amides is 1. The second kappa shape index (κ2) is 5.46. The average molecular weight is 243 g/mol. The molecule has 1 saturated heterocycles. The van der Waals surface area contributed by atoms with Crippen LogP contribution in [0.5, 0.6) is 0 Å². The van der Waals surface area contributed by atoms with Gasteiger partial charge in [-0.15, -0.1) is 0 Å². The van der Waals surface area contributed by atoms with E-state index in [2.05, 4.69) is 0 Å². The van der Waals surface area contributed by atoms with Gasteiger partial charge < -0.3 is 21.5 Å². The molecule has 6 heteroatoms. The zero-order valence-electron chi connectivity index (χ0n) is 10.3. The normalized spacial score (nSPS) is 27.9. The first kappa shape index (κ1) is 13.9. The van der Waals surface area contributed by atoms with E-state index in [-0.39, 0.29) is 24.8 Å². The van der Waals surface area contributed by atoms with Crippen molar-refractivity contribution < 1.29 is 14.7 Å². The number of carbonyl (C=O) groups excluding carboxylic acids is 2. The molecule has 0 spiro atoms. The topological polar surface area (TPSA) is 110 Å². The van der Waals surface area contributed by atoms with E-state index in [4.69, 9.17) is 11.5 Å². The molecule has 2 amide bonds. The highest BCUT2D eigenvalue weighted by Gasteiger charge is 2.40. The van der Waals surface area contributed by atoms with Crippen LogP contribution >= 0.6 is 0 Å². The average Bonchev–Trinajstić information content (AvgIpc) is 2.68. The van der Waals surface area contributed by atoms with Gasteiger partial charge >= 0.3 is 0 Å². The third-order valence-corrected chi connectivity index (χ3v) is 3.43. The van der Waals surface area contributed by atoms with Crippen molar-refractivity contribution in [1.29, 1.82) is 0 Å². The first-order valence-corrected chi connectivity index (χ1v) is 5.91. The maximum Gasteiger partial charge on any atom is 0.240 e. The zero-order chi connectivity index (χ0) is 13.2. The molecule has 0 aromatic rings. The lowest BCUT2D eigenvalue weighted by atomic mass is 9.98. The number of carbonyl (C=O) groups is 2. The van der Waals surface area contributed by atoms with Crippen molar-refractivity contribution in [2.45, 2.75) is 44.9 Å². The predicted octanol–water partition coefficient (Wildman–Crippen LogP) is -1.19. The van der Waals surface area contributed by atoms with Crippen LogP contribution in [-0.4, -0.2) is 46.6 Å². The quantitative estimate of drug-likeness (QED) is 0.576. The number of rotatable bonds is 4. The van der Waals surface area contributed by atoms with Crippen LogP contribution in [0.1, 0.15) is 26.7 Å². The van der Waals surface area contributed by atoms with Crippen molar-refractivity contribution in [3.05, 3.63) is 0 Å². The molecule has 1 heterocycles. The van der Waals surface area contributed by atoms with Crippen LogP contribution in [0.2, 0.25) is 0 Å². The Hall–Kier alpha value is -1.14. The van der Waals surface area contributed by atoms with Crippen molar-refractivity contribution >= 4 is 11.8 Å². The van der Waals surface area contributed by atoms with E-state index >= 15 is 0 Å². The van der Waals surface area contributed by atoms with E-state index in [0.29, 0.717) is 0 Å². The number of aliphatic hydroxyl groups is 1. The fourth-order valence-electron chi connectivity index (χ4n) is 2.02. The highest BCUT2D eigenvalue weighted by atomic mass is 16.3. The molecule has 5 N–H and O–H groups in total. The maximum absolute atomic E-state index is 12.1. The second-order valence-corrected chi connectivity index (χ2v) is 4.71. The first-order valence-electron chi connectivity index (χ1n) is 5.91. The van der Waals surface area contributed by atoms with Gasteiger partial charge in [0.05, 0.1) is 12.1 Å². The summed E-state index contributed by atoms with van der Waals surface area (Å²) in [5, 5.41) is 9.50. The van der Waals surface area contributed by atoms with Gasteiger partial charge in [0.1, 0.15) is 6.04 Å². The van der Waals surface area contributed by atoms with Crippen molar-refractivity contribution in [3.63, 3.8) is 0 Å². The van der Waals surface area contributed by atoms with E-state index in [0.717, 1.165) is 6.42 Å². The molecule has 1 aliphatic heterocycles. The Labute approximate surface area is 101 Å². The van der Waals surface area contributed by atoms with Crippen LogP contribution < -0.4 is 11.5 Å². The molecule has 1 aliphatic rings. The van der Waals surface area contributed by atoms with E-state index in [1.807, 2.05) is 13.8 Å². The number of nitrogens with zero attached hydrogens (tertiary/aromatic N) is 1. The van der Waals surface area contributed by atoms with Gasteiger partial charge in [0.25, 0.3) is 0 Å². The summed E-state index contributed by atoms with van der Waals surface area (Å²) < 4.78 is 0. The molecule has 0 aromatic carbocycles. The van der Waals surface area contributed by atoms with Gasteiger partial charge in [-0.3, -0.25) is 9.59 Å². The van der Waals surface area contributed by atoms with Crippen LogP contribution in [0.25, 0.3) is 0 Å². The number of amides is 2. The van der Waals surface area contributed by atoms with E-state index in [9.17, 15) is 14.7 Å². The van der Waals surface area contributed by atoms with Gasteiger partial charge in [-0.05, 0) is 5.92 Å². The number of nitrogens with two attached hydrogens (primary N) is 2. The van der Waals surface area contributed by atoms with Crippen LogP contribution in [-0.2, 0) is 9.59 Å². The summed E-state index contributed by atoms with van der Waals surface area (Å²) in [7, 11) is 0. The van der Waals surface area contributed by atoms with Crippen molar-refractivity contribution in [2.24, 2.45) is 17.4 Å². The minimum Gasteiger partial charge on any atom is -0.391 e. The smallest absolute Gasteiger partial charge is 0.240 e. The Morgan fingerprint density at radius 2 is 2.12 bits per heavy atom. The molecule has 4 unspecified atom stereocenters. The van der Waals surface area contributed by atoms with Gasteiger partial charge in [-0.1, -0.05) is 20.3 Å². The molecule has 98 valence electrons. The summed E-state index contributed by atoms with van der Waals surface area (Å²) >= 11 is 0. The highest BCUT2D eigenvalue weighted by Crippen LogP contribution is 2.20. The molecule has 0 aliphatic carbocycles. The molecule has 1 fully saturated rings. The molecule has 17 heavy (non-hydrogen) atoms. The lowest BCUT2D eigenvalue weighted by Gasteiger charge is -2.27. The molecule has 6 nitrogen and oxygen atoms in total. The summed E-state index contributed by atoms with van der Waals surface area (Å²) in [5.74, 6) is -0.861. The van der Waals surface area contributed by atoms with Gasteiger partial charge in [0.2, 0.25) is 11.8 Å². The molecule has 0 radical (unpaired) electrons. The Kier molecular flexibility index (Phi) is 4.47. The predicted molar refractivity (Wildman–Crippen MR) is 62.7 cm³/mol. The first-order chi connectivity index (χ1) is 7.88. The Balaban J connectivity index is 2.77. The number of hydrogen-bond donors (Lipinski definition) is 3. The fraction of sp³-hybridized carbons (Fsp3) is 0.818. The van der Waals surface area contributed by atoms with Crippen LogP contribution in [0, 0.1) is 5.92 Å². The fourth-order valence-corrected chi connectivity index (χ4v) is 2.02. The summed E-state index contributed by atoms with van der Waals surface area (Å²) in [6.45, 7) is 3.97. The van der Waals surface area contributed by atoms with Crippen LogP contribution in [0.3, 0.4) is 0 Å². The van der Waals surface area contributed by atoms with E-state index < -0.39 is 24.1 Å². The summed E-state index contributed by atoms with van der Waals surface area (Å²) in [4.78, 5) is 24.6. The van der Waals surface area contributed by atoms with Gasteiger partial charge in [-0.2, -0.15) is 0 Å². The molecule has 1 rings (SSSR count). The van der Waals surface area contributed by atoms with Crippen molar-refractivity contribution in [2.75, 3.05) is 6.54 Å². The van der Waals surface area contributed by atoms with Crippen LogP contribution in [0.4, 0.5) is 0 Å². The van der Waals surface area contributed by atoms with Crippen LogP contribution in [0.15, 0.2) is 0 Å². The lowest BCUT2D eigenvalue weighted by molar-refractivity contribution is -0.139. The lowest BCUT2D eigenvalue weighted by Crippen LogP contribution is -2.52. The molecule has 4 atom stereocenters. The molecule has 0 saturated carbocycles. The summed E-state index contributed by atoms with van der Waals surface area (Å²) in [5.41, 5.74) is 11.0. The number of aliphatic hydroxyl groups excluding tert-OH is 1.